The lowest BCUT2D eigenvalue weighted by Crippen LogP contribution is -2.06. The number of hydrogen-bond acceptors (Lipinski definition) is 4. The Hall–Kier alpha value is -1.11. The normalized spacial score (nSPS) is 12.4. The zero-order valence-corrected chi connectivity index (χ0v) is 15.4. The van der Waals surface area contributed by atoms with Gasteiger partial charge < -0.3 is 4.42 Å². The lowest BCUT2D eigenvalue weighted by atomic mass is 10.1. The van der Waals surface area contributed by atoms with E-state index in [9.17, 15) is 4.39 Å². The minimum absolute atomic E-state index is 0.0686. The minimum atomic E-state index is -0.729. The van der Waals surface area contributed by atoms with Gasteiger partial charge in [-0.15, -0.1) is 0 Å². The second-order valence-corrected chi connectivity index (χ2v) is 7.13. The highest BCUT2D eigenvalue weighted by Gasteiger charge is 2.13. The van der Waals surface area contributed by atoms with Gasteiger partial charge >= 0.3 is 0 Å². The molecule has 0 saturated carbocycles. The third kappa shape index (κ3) is 3.54. The molecule has 0 N–H and O–H groups in total. The van der Waals surface area contributed by atoms with Crippen LogP contribution < -0.4 is 5.36 Å². The van der Waals surface area contributed by atoms with Crippen LogP contribution in [0.2, 0.25) is 5.15 Å². The number of nitrogens with zero attached hydrogens (tertiary/aromatic N) is 2. The first-order valence-electron chi connectivity index (χ1n) is 7.14. The molecule has 3 rings (SSSR count). The summed E-state index contributed by atoms with van der Waals surface area (Å²) >= 11 is 10.8. The average molecular weight is 416 g/mol. The summed E-state index contributed by atoms with van der Waals surface area (Å²) < 4.78 is 25.3. The lowest BCUT2D eigenvalue weighted by molar-refractivity contribution is 0.549. The van der Waals surface area contributed by atoms with Gasteiger partial charge in [0.25, 0.3) is 5.95 Å². The van der Waals surface area contributed by atoms with Crippen molar-refractivity contribution in [3.05, 3.63) is 45.2 Å². The van der Waals surface area contributed by atoms with E-state index < -0.39 is 5.95 Å². The molecule has 2 heterocycles. The van der Waals surface area contributed by atoms with Crippen molar-refractivity contribution in [3.8, 4) is 0 Å². The predicted octanol–water partition coefficient (Wildman–Crippen LogP) is 5.89. The van der Waals surface area contributed by atoms with Crippen molar-refractivity contribution in [2.24, 2.45) is 4.40 Å². The van der Waals surface area contributed by atoms with Crippen molar-refractivity contribution in [2.45, 2.75) is 19.8 Å². The van der Waals surface area contributed by atoms with Crippen molar-refractivity contribution in [1.82, 2.24) is 4.98 Å². The molecule has 3 aromatic rings. The molecule has 120 valence electrons. The average Bonchev–Trinajstić information content (AvgIpc) is 2.51. The second kappa shape index (κ2) is 7.20. The highest BCUT2D eigenvalue weighted by atomic mass is 79.9. The summed E-state index contributed by atoms with van der Waals surface area (Å²) in [5.41, 5.74) is 0.623. The lowest BCUT2D eigenvalue weighted by Gasteiger charge is -2.05. The monoisotopic (exact) mass is 414 g/mol. The molecular weight excluding hydrogens is 403 g/mol. The van der Waals surface area contributed by atoms with Crippen LogP contribution in [0.1, 0.15) is 19.8 Å². The topological polar surface area (TPSA) is 38.4 Å². The van der Waals surface area contributed by atoms with E-state index in [-0.39, 0.29) is 10.7 Å². The summed E-state index contributed by atoms with van der Waals surface area (Å²) in [5.74, 6) is 0.174. The second-order valence-electron chi connectivity index (χ2n) is 4.98. The maximum Gasteiger partial charge on any atom is 0.258 e. The number of unbranched alkanes of at least 4 members (excludes halogenated alkanes) is 1. The van der Waals surface area contributed by atoms with Gasteiger partial charge in [-0.2, -0.15) is 4.39 Å². The molecule has 7 heteroatoms. The standard InChI is InChI=1S/C16H13BrClFN2OS/c1-2-3-6-23-21-14-10-7-9(17)4-5-12(10)22-15-11(14)8-13(18)20-16(15)19/h4-5,7-8H,2-3,6H2,1H3/b21-14-. The fourth-order valence-electron chi connectivity index (χ4n) is 2.19. The summed E-state index contributed by atoms with van der Waals surface area (Å²) in [4.78, 5) is 3.62. The smallest absolute Gasteiger partial charge is 0.258 e. The van der Waals surface area contributed by atoms with Gasteiger partial charge in [-0.1, -0.05) is 40.9 Å². The van der Waals surface area contributed by atoms with E-state index >= 15 is 0 Å². The van der Waals surface area contributed by atoms with Crippen LogP contribution in [0.4, 0.5) is 4.39 Å². The molecule has 2 aromatic heterocycles. The highest BCUT2D eigenvalue weighted by Crippen LogP contribution is 2.25. The van der Waals surface area contributed by atoms with Crippen LogP contribution in [-0.4, -0.2) is 10.7 Å². The zero-order valence-electron chi connectivity index (χ0n) is 12.3. The summed E-state index contributed by atoms with van der Waals surface area (Å²) in [6, 6.07) is 7.11. The van der Waals surface area contributed by atoms with Gasteiger partial charge in [-0.3, -0.25) is 0 Å². The van der Waals surface area contributed by atoms with Crippen LogP contribution in [0, 0.1) is 5.95 Å². The van der Waals surface area contributed by atoms with Crippen molar-refractivity contribution >= 4 is 61.4 Å². The van der Waals surface area contributed by atoms with E-state index in [2.05, 4.69) is 32.2 Å². The molecule has 0 bridgehead atoms. The van der Waals surface area contributed by atoms with Crippen LogP contribution in [0.5, 0.6) is 0 Å². The molecule has 3 nitrogen and oxygen atoms in total. The Labute approximate surface area is 150 Å². The van der Waals surface area contributed by atoms with Gasteiger partial charge in [0.1, 0.15) is 10.7 Å². The molecule has 0 fully saturated rings. The largest absolute Gasteiger partial charge is 0.451 e. The Bertz CT molecular complexity index is 945. The molecule has 23 heavy (non-hydrogen) atoms. The number of rotatable bonds is 4. The molecular formula is C16H13BrClFN2OS. The maximum absolute atomic E-state index is 14.1. The number of benzene rings is 1. The van der Waals surface area contributed by atoms with Crippen molar-refractivity contribution in [3.63, 3.8) is 0 Å². The van der Waals surface area contributed by atoms with E-state index in [1.54, 1.807) is 12.1 Å². The van der Waals surface area contributed by atoms with Crippen LogP contribution in [-0.2, 0) is 0 Å². The van der Waals surface area contributed by atoms with E-state index in [0.29, 0.717) is 16.3 Å². The summed E-state index contributed by atoms with van der Waals surface area (Å²) in [6.45, 7) is 2.13. The van der Waals surface area contributed by atoms with Crippen molar-refractivity contribution in [1.29, 1.82) is 0 Å². The molecule has 0 radical (unpaired) electrons. The molecule has 0 aliphatic carbocycles. The minimum Gasteiger partial charge on any atom is -0.451 e. The molecule has 1 aromatic carbocycles. The van der Waals surface area contributed by atoms with Gasteiger partial charge in [0, 0.05) is 15.6 Å². The Balaban J connectivity index is 2.34. The Kier molecular flexibility index (Phi) is 5.24. The predicted molar refractivity (Wildman–Crippen MR) is 97.1 cm³/mol. The highest BCUT2D eigenvalue weighted by molar-refractivity contribution is 9.10. The summed E-state index contributed by atoms with van der Waals surface area (Å²) in [6.07, 6.45) is 2.17. The molecule has 0 spiro atoms. The van der Waals surface area contributed by atoms with Gasteiger partial charge in [-0.25, -0.2) is 9.38 Å². The third-order valence-corrected chi connectivity index (χ3v) is 4.78. The van der Waals surface area contributed by atoms with Gasteiger partial charge in [0.2, 0.25) is 0 Å². The number of aromatic nitrogens is 1. The fraction of sp³-hybridized carbons (Fsp3) is 0.250. The Morgan fingerprint density at radius 3 is 2.96 bits per heavy atom. The number of fused-ring (bicyclic) bond motifs is 2. The van der Waals surface area contributed by atoms with Crippen LogP contribution in [0.25, 0.3) is 21.9 Å². The van der Waals surface area contributed by atoms with Crippen LogP contribution in [0.3, 0.4) is 0 Å². The fourth-order valence-corrected chi connectivity index (χ4v) is 3.57. The first-order chi connectivity index (χ1) is 11.1. The molecule has 0 amide bonds. The molecule has 0 aliphatic rings. The van der Waals surface area contributed by atoms with E-state index in [1.807, 2.05) is 12.1 Å². The molecule has 0 unspecified atom stereocenters. The quantitative estimate of drug-likeness (QED) is 0.231. The van der Waals surface area contributed by atoms with Gasteiger partial charge in [0.15, 0.2) is 5.58 Å². The third-order valence-electron chi connectivity index (χ3n) is 3.31. The zero-order chi connectivity index (χ0) is 16.4. The Morgan fingerprint density at radius 1 is 1.35 bits per heavy atom. The first-order valence-corrected chi connectivity index (χ1v) is 9.25. The summed E-state index contributed by atoms with van der Waals surface area (Å²) in [7, 11) is 0. The van der Waals surface area contributed by atoms with Crippen molar-refractivity contribution in [2.75, 3.05) is 5.75 Å². The Morgan fingerprint density at radius 2 is 2.17 bits per heavy atom. The van der Waals surface area contributed by atoms with Crippen molar-refractivity contribution < 1.29 is 8.81 Å². The van der Waals surface area contributed by atoms with E-state index in [1.165, 1.54) is 11.9 Å². The SMILES string of the molecule is CCCCS/N=c1/c2cc(Br)ccc2oc2c(F)nc(Cl)cc12. The number of hydrogen-bond donors (Lipinski definition) is 0. The number of halogens is 3. The molecule has 0 saturated heterocycles. The maximum atomic E-state index is 14.1. The molecule has 0 atom stereocenters. The first kappa shape index (κ1) is 16.7. The van der Waals surface area contributed by atoms with Gasteiger partial charge in [-0.05, 0) is 42.6 Å². The molecule has 0 aliphatic heterocycles. The van der Waals surface area contributed by atoms with E-state index in [4.69, 9.17) is 16.0 Å². The van der Waals surface area contributed by atoms with Crippen LogP contribution >= 0.6 is 39.5 Å². The number of pyridine rings is 1. The van der Waals surface area contributed by atoms with Crippen LogP contribution in [0.15, 0.2) is 37.6 Å². The van der Waals surface area contributed by atoms with E-state index in [0.717, 1.165) is 28.5 Å². The van der Waals surface area contributed by atoms with Gasteiger partial charge in [0.05, 0.1) is 10.7 Å². The summed E-state index contributed by atoms with van der Waals surface area (Å²) in [5, 5.41) is 2.07.